The van der Waals surface area contributed by atoms with Crippen LogP contribution in [0.2, 0.25) is 0 Å². The van der Waals surface area contributed by atoms with E-state index < -0.39 is 0 Å². The van der Waals surface area contributed by atoms with Crippen molar-refractivity contribution in [3.05, 3.63) is 52.4 Å². The quantitative estimate of drug-likeness (QED) is 0.420. The van der Waals surface area contributed by atoms with Crippen molar-refractivity contribution >= 4 is 16.9 Å². The van der Waals surface area contributed by atoms with Crippen molar-refractivity contribution in [1.29, 1.82) is 0 Å². The molecule has 1 aliphatic rings. The Labute approximate surface area is 204 Å². The van der Waals surface area contributed by atoms with Crippen LogP contribution in [-0.4, -0.2) is 61.8 Å². The van der Waals surface area contributed by atoms with E-state index in [4.69, 9.17) is 13.9 Å². The summed E-state index contributed by atoms with van der Waals surface area (Å²) in [5.41, 5.74) is 5.05. The number of pyridine rings is 1. The van der Waals surface area contributed by atoms with E-state index in [1.165, 1.54) is 0 Å². The average Bonchev–Trinajstić information content (AvgIpc) is 3.51. The van der Waals surface area contributed by atoms with Crippen LogP contribution < -0.4 is 0 Å². The smallest absolute Gasteiger partial charge is 0.254 e. The summed E-state index contributed by atoms with van der Waals surface area (Å²) >= 11 is 0. The predicted molar refractivity (Wildman–Crippen MR) is 132 cm³/mol. The molecule has 0 N–H and O–H groups in total. The molecule has 0 radical (unpaired) electrons. The fourth-order valence-electron chi connectivity index (χ4n) is 4.83. The number of amides is 1. The number of carbonyl (C=O) groups excluding carboxylic acids is 1. The molecular weight excluding hydrogens is 444 g/mol. The van der Waals surface area contributed by atoms with Gasteiger partial charge in [0.2, 0.25) is 0 Å². The van der Waals surface area contributed by atoms with Crippen molar-refractivity contribution in [1.82, 2.24) is 29.7 Å². The van der Waals surface area contributed by atoms with E-state index in [2.05, 4.69) is 29.0 Å². The monoisotopic (exact) mass is 476 g/mol. The summed E-state index contributed by atoms with van der Waals surface area (Å²) in [6, 6.07) is 3.99. The van der Waals surface area contributed by atoms with Gasteiger partial charge in [0, 0.05) is 49.9 Å². The molecule has 1 saturated heterocycles. The minimum absolute atomic E-state index is 0.0109. The first-order chi connectivity index (χ1) is 16.7. The molecule has 4 aromatic heterocycles. The molecule has 35 heavy (non-hydrogen) atoms. The van der Waals surface area contributed by atoms with E-state index in [-0.39, 0.29) is 11.9 Å². The number of piperazine rings is 1. The van der Waals surface area contributed by atoms with Gasteiger partial charge in [0.15, 0.2) is 5.65 Å². The molecule has 0 aromatic carbocycles. The molecule has 4 aromatic rings. The number of nitrogens with zero attached hydrogens (tertiary/aromatic N) is 6. The molecule has 1 fully saturated rings. The van der Waals surface area contributed by atoms with E-state index in [0.29, 0.717) is 18.7 Å². The van der Waals surface area contributed by atoms with Crippen LogP contribution >= 0.6 is 0 Å². The van der Waals surface area contributed by atoms with E-state index in [1.807, 2.05) is 49.4 Å². The third-order valence-electron chi connectivity index (χ3n) is 6.83. The van der Waals surface area contributed by atoms with Gasteiger partial charge in [-0.2, -0.15) is 5.10 Å². The van der Waals surface area contributed by atoms with Gasteiger partial charge in [0.1, 0.15) is 17.3 Å². The zero-order chi connectivity index (χ0) is 24.9. The number of rotatable bonds is 5. The van der Waals surface area contributed by atoms with Crippen LogP contribution in [0, 0.1) is 27.7 Å². The van der Waals surface area contributed by atoms with Crippen LogP contribution in [0.5, 0.6) is 0 Å². The third kappa shape index (κ3) is 4.25. The van der Waals surface area contributed by atoms with Crippen molar-refractivity contribution in [3.8, 4) is 11.3 Å². The molecular formula is C26H32N6O3. The largest absolute Gasteiger partial charge is 0.466 e. The molecule has 9 nitrogen and oxygen atoms in total. The highest BCUT2D eigenvalue weighted by molar-refractivity contribution is 6.06. The maximum Gasteiger partial charge on any atom is 0.254 e. The second-order valence-electron chi connectivity index (χ2n) is 9.67. The fourth-order valence-corrected chi connectivity index (χ4v) is 4.83. The van der Waals surface area contributed by atoms with Crippen molar-refractivity contribution in [2.75, 3.05) is 26.2 Å². The second kappa shape index (κ2) is 8.96. The number of fused-ring (bicyclic) bond motifs is 1. The predicted octanol–water partition coefficient (Wildman–Crippen LogP) is 4.45. The zero-order valence-electron chi connectivity index (χ0n) is 21.3. The van der Waals surface area contributed by atoms with Gasteiger partial charge in [0.05, 0.1) is 28.5 Å². The summed E-state index contributed by atoms with van der Waals surface area (Å²) in [4.78, 5) is 23.0. The molecule has 0 aliphatic carbocycles. The Morgan fingerprint density at radius 1 is 1.06 bits per heavy atom. The van der Waals surface area contributed by atoms with Crippen LogP contribution in [0.3, 0.4) is 0 Å². The van der Waals surface area contributed by atoms with Crippen molar-refractivity contribution < 1.29 is 13.7 Å². The number of hydrogen-bond donors (Lipinski definition) is 0. The summed E-state index contributed by atoms with van der Waals surface area (Å²) in [7, 11) is 0. The van der Waals surface area contributed by atoms with Gasteiger partial charge in [-0.25, -0.2) is 9.67 Å². The van der Waals surface area contributed by atoms with Crippen LogP contribution in [0.15, 0.2) is 27.3 Å². The highest BCUT2D eigenvalue weighted by Crippen LogP contribution is 2.31. The Morgan fingerprint density at radius 2 is 1.80 bits per heavy atom. The molecule has 184 valence electrons. The fraction of sp³-hybridized carbons (Fsp3) is 0.462. The summed E-state index contributed by atoms with van der Waals surface area (Å²) in [6.07, 6.45) is 1.76. The first kappa shape index (κ1) is 23.3. The third-order valence-corrected chi connectivity index (χ3v) is 6.83. The molecule has 1 amide bonds. The Kier molecular flexibility index (Phi) is 5.96. The van der Waals surface area contributed by atoms with Crippen molar-refractivity contribution in [2.24, 2.45) is 0 Å². The Balaban J connectivity index is 1.44. The Hall–Kier alpha value is -3.46. The van der Waals surface area contributed by atoms with Crippen LogP contribution in [0.25, 0.3) is 22.3 Å². The van der Waals surface area contributed by atoms with Gasteiger partial charge in [-0.15, -0.1) is 0 Å². The zero-order valence-corrected chi connectivity index (χ0v) is 21.3. The lowest BCUT2D eigenvalue weighted by Gasteiger charge is -2.34. The molecule has 5 heterocycles. The molecule has 0 bridgehead atoms. The summed E-state index contributed by atoms with van der Waals surface area (Å²) < 4.78 is 12.9. The van der Waals surface area contributed by atoms with Crippen molar-refractivity contribution in [3.63, 3.8) is 0 Å². The number of furan rings is 1. The van der Waals surface area contributed by atoms with Crippen molar-refractivity contribution in [2.45, 2.75) is 54.1 Å². The number of aromatic nitrogens is 4. The molecule has 0 atom stereocenters. The molecule has 0 spiro atoms. The first-order valence-corrected chi connectivity index (χ1v) is 12.1. The summed E-state index contributed by atoms with van der Waals surface area (Å²) in [5.74, 6) is 2.48. The van der Waals surface area contributed by atoms with Gasteiger partial charge in [-0.3, -0.25) is 9.69 Å². The van der Waals surface area contributed by atoms with Gasteiger partial charge in [-0.1, -0.05) is 5.16 Å². The number of hydrogen-bond acceptors (Lipinski definition) is 7. The molecule has 0 unspecified atom stereocenters. The van der Waals surface area contributed by atoms with Gasteiger partial charge < -0.3 is 13.8 Å². The van der Waals surface area contributed by atoms with E-state index in [0.717, 1.165) is 70.5 Å². The van der Waals surface area contributed by atoms with Crippen LogP contribution in [0.1, 0.15) is 58.8 Å². The Morgan fingerprint density at radius 3 is 2.40 bits per heavy atom. The van der Waals surface area contributed by atoms with Crippen LogP contribution in [0.4, 0.5) is 0 Å². The topological polar surface area (TPSA) is 93.4 Å². The minimum atomic E-state index is 0.0109. The highest BCUT2D eigenvalue weighted by Gasteiger charge is 2.27. The minimum Gasteiger partial charge on any atom is -0.466 e. The Bertz CT molecular complexity index is 1370. The van der Waals surface area contributed by atoms with Gasteiger partial charge >= 0.3 is 0 Å². The standard InChI is InChI=1S/C26H32N6O3/c1-15(2)32-25-22(13-27-32)21(12-24(28-25)20-11-16(3)34-18(20)5)26(33)31-9-7-30(8-10-31)14-23-17(4)29-35-19(23)6/h11-13,15H,7-10,14H2,1-6H3. The lowest BCUT2D eigenvalue weighted by atomic mass is 10.1. The number of aryl methyl sites for hydroxylation is 4. The maximum atomic E-state index is 13.8. The normalized spacial score (nSPS) is 15.0. The lowest BCUT2D eigenvalue weighted by Crippen LogP contribution is -2.48. The SMILES string of the molecule is Cc1cc(-c2cc(C(=O)N3CCN(Cc4c(C)noc4C)CC3)c3cnn(C(C)C)c3n2)c(C)o1. The molecule has 9 heteroatoms. The van der Waals surface area contributed by atoms with Gasteiger partial charge in [0.25, 0.3) is 5.91 Å². The van der Waals surface area contributed by atoms with Crippen LogP contribution in [-0.2, 0) is 6.54 Å². The average molecular weight is 477 g/mol. The summed E-state index contributed by atoms with van der Waals surface area (Å²) in [5, 5.41) is 9.40. The molecule has 1 aliphatic heterocycles. The second-order valence-corrected chi connectivity index (χ2v) is 9.67. The van der Waals surface area contributed by atoms with Gasteiger partial charge in [-0.05, 0) is 53.7 Å². The van der Waals surface area contributed by atoms with E-state index >= 15 is 0 Å². The molecule has 5 rings (SSSR count). The van der Waals surface area contributed by atoms with E-state index in [9.17, 15) is 4.79 Å². The number of carbonyl (C=O) groups is 1. The highest BCUT2D eigenvalue weighted by atomic mass is 16.5. The first-order valence-electron chi connectivity index (χ1n) is 12.1. The lowest BCUT2D eigenvalue weighted by molar-refractivity contribution is 0.0629. The molecule has 0 saturated carbocycles. The summed E-state index contributed by atoms with van der Waals surface area (Å²) in [6.45, 7) is 15.6. The maximum absolute atomic E-state index is 13.8. The van der Waals surface area contributed by atoms with E-state index in [1.54, 1.807) is 6.20 Å².